The van der Waals surface area contributed by atoms with E-state index in [1.165, 1.54) is 0 Å². The van der Waals surface area contributed by atoms with E-state index < -0.39 is 0 Å². The van der Waals surface area contributed by atoms with Gasteiger partial charge in [-0.3, -0.25) is 9.20 Å². The van der Waals surface area contributed by atoms with Crippen LogP contribution in [0.3, 0.4) is 0 Å². The Bertz CT molecular complexity index is 850. The first-order valence-electron chi connectivity index (χ1n) is 6.93. The fourth-order valence-electron chi connectivity index (χ4n) is 2.31. The van der Waals surface area contributed by atoms with E-state index in [0.29, 0.717) is 17.9 Å². The second kappa shape index (κ2) is 5.69. The number of H-pyrrole nitrogens is 1. The average Bonchev–Trinajstić information content (AvgIpc) is 3.04. The number of amides is 1. The Kier molecular flexibility index (Phi) is 3.88. The highest BCUT2D eigenvalue weighted by molar-refractivity contribution is 9.10. The molecule has 2 N–H and O–H groups in total. The molecule has 0 saturated carbocycles. The fourth-order valence-corrected chi connectivity index (χ4v) is 2.82. The van der Waals surface area contributed by atoms with E-state index in [-0.39, 0.29) is 5.91 Å². The Morgan fingerprint density at radius 2 is 2.23 bits per heavy atom. The van der Waals surface area contributed by atoms with E-state index in [2.05, 4.69) is 36.4 Å². The first kappa shape index (κ1) is 15.0. The van der Waals surface area contributed by atoms with Crippen molar-refractivity contribution < 1.29 is 4.79 Å². The van der Waals surface area contributed by atoms with Crippen LogP contribution >= 0.6 is 15.9 Å². The zero-order valence-electron chi connectivity index (χ0n) is 12.6. The molecule has 0 unspecified atom stereocenters. The van der Waals surface area contributed by atoms with Crippen LogP contribution in [0.1, 0.15) is 16.3 Å². The number of hydrogen-bond acceptors (Lipinski definition) is 4. The van der Waals surface area contributed by atoms with Gasteiger partial charge in [0.2, 0.25) is 0 Å². The molecule has 0 aliphatic rings. The molecule has 3 rings (SSSR count). The third-order valence-electron chi connectivity index (χ3n) is 3.50. The number of rotatable bonds is 4. The molecule has 0 radical (unpaired) electrons. The lowest BCUT2D eigenvalue weighted by atomic mass is 10.3. The van der Waals surface area contributed by atoms with Crippen LogP contribution in [-0.2, 0) is 0 Å². The number of halogens is 1. The molecule has 7 nitrogen and oxygen atoms in total. The van der Waals surface area contributed by atoms with Gasteiger partial charge in [0.05, 0.1) is 5.52 Å². The molecule has 8 heteroatoms. The molecule has 3 heterocycles. The van der Waals surface area contributed by atoms with Gasteiger partial charge < -0.3 is 15.2 Å². The lowest BCUT2D eigenvalue weighted by Gasteiger charge is -2.09. The summed E-state index contributed by atoms with van der Waals surface area (Å²) in [7, 11) is 3.94. The lowest BCUT2D eigenvalue weighted by molar-refractivity contribution is 0.0947. The quantitative estimate of drug-likeness (QED) is 0.736. The van der Waals surface area contributed by atoms with Gasteiger partial charge in [0.25, 0.3) is 5.91 Å². The second-order valence-corrected chi connectivity index (χ2v) is 6.30. The second-order valence-electron chi connectivity index (χ2n) is 5.45. The molecule has 0 aromatic carbocycles. The number of pyridine rings is 1. The van der Waals surface area contributed by atoms with Crippen LogP contribution in [0.2, 0.25) is 0 Å². The van der Waals surface area contributed by atoms with E-state index in [1.54, 1.807) is 0 Å². The number of fused-ring (bicyclic) bond motifs is 3. The van der Waals surface area contributed by atoms with Gasteiger partial charge in [-0.05, 0) is 43.0 Å². The van der Waals surface area contributed by atoms with Gasteiger partial charge in [0.15, 0.2) is 5.65 Å². The van der Waals surface area contributed by atoms with Crippen LogP contribution < -0.4 is 5.32 Å². The van der Waals surface area contributed by atoms with Gasteiger partial charge in [-0.1, -0.05) is 0 Å². The summed E-state index contributed by atoms with van der Waals surface area (Å²) in [6.45, 7) is 3.28. The largest absolute Gasteiger partial charge is 0.349 e. The molecular formula is C14H17BrN6O. The number of nitrogens with one attached hydrogen (secondary N) is 2. The summed E-state index contributed by atoms with van der Waals surface area (Å²) >= 11 is 3.54. The third-order valence-corrected chi connectivity index (χ3v) is 4.13. The summed E-state index contributed by atoms with van der Waals surface area (Å²) in [6.07, 6.45) is 1.91. The number of aryl methyl sites for hydroxylation is 1. The number of aromatic nitrogens is 4. The summed E-state index contributed by atoms with van der Waals surface area (Å²) in [6, 6.07) is 1.83. The zero-order chi connectivity index (χ0) is 15.9. The first-order valence-corrected chi connectivity index (χ1v) is 7.72. The molecule has 0 spiro atoms. The predicted octanol–water partition coefficient (Wildman–Crippen LogP) is 1.57. The van der Waals surface area contributed by atoms with Crippen LogP contribution in [0, 0.1) is 6.92 Å². The minimum atomic E-state index is -0.126. The highest BCUT2D eigenvalue weighted by atomic mass is 79.9. The van der Waals surface area contributed by atoms with Crippen molar-refractivity contribution in [3.63, 3.8) is 0 Å². The molecule has 3 aromatic rings. The molecule has 0 aliphatic heterocycles. The number of aromatic amines is 1. The highest BCUT2D eigenvalue weighted by Crippen LogP contribution is 2.27. The summed E-state index contributed by atoms with van der Waals surface area (Å²) in [5.74, 6) is 0.670. The van der Waals surface area contributed by atoms with Gasteiger partial charge >= 0.3 is 0 Å². The molecule has 116 valence electrons. The zero-order valence-corrected chi connectivity index (χ0v) is 14.2. The molecule has 3 aromatic heterocycles. The Labute approximate surface area is 135 Å². The van der Waals surface area contributed by atoms with Gasteiger partial charge in [-0.2, -0.15) is 0 Å². The van der Waals surface area contributed by atoms with Gasteiger partial charge in [-0.15, -0.1) is 10.2 Å². The van der Waals surface area contributed by atoms with Crippen LogP contribution in [-0.4, -0.2) is 57.6 Å². The summed E-state index contributed by atoms with van der Waals surface area (Å²) in [5.41, 5.74) is 2.03. The standard InChI is InChI=1S/C14H17BrN6O/c1-8-18-19-13-12-9(10(15)7-21(8)13)6-11(17-12)14(22)16-4-5-20(2)3/h6-7,17H,4-5H2,1-3H3,(H,16,22). The summed E-state index contributed by atoms with van der Waals surface area (Å²) < 4.78 is 2.78. The monoisotopic (exact) mass is 364 g/mol. The lowest BCUT2D eigenvalue weighted by Crippen LogP contribution is -2.31. The maximum atomic E-state index is 12.2. The van der Waals surface area contributed by atoms with Crippen LogP contribution in [0.4, 0.5) is 0 Å². The maximum Gasteiger partial charge on any atom is 0.267 e. The van der Waals surface area contributed by atoms with Crippen molar-refractivity contribution in [1.29, 1.82) is 0 Å². The van der Waals surface area contributed by atoms with Crippen molar-refractivity contribution in [3.8, 4) is 0 Å². The Morgan fingerprint density at radius 1 is 1.45 bits per heavy atom. The van der Waals surface area contributed by atoms with Crippen LogP contribution in [0.25, 0.3) is 16.6 Å². The fraction of sp³-hybridized carbons (Fsp3) is 0.357. The van der Waals surface area contributed by atoms with Gasteiger partial charge in [-0.25, -0.2) is 0 Å². The highest BCUT2D eigenvalue weighted by Gasteiger charge is 2.15. The van der Waals surface area contributed by atoms with E-state index >= 15 is 0 Å². The van der Waals surface area contributed by atoms with E-state index in [1.807, 2.05) is 42.6 Å². The Hall–Kier alpha value is -1.93. The molecule has 0 saturated heterocycles. The summed E-state index contributed by atoms with van der Waals surface area (Å²) in [4.78, 5) is 17.4. The van der Waals surface area contributed by atoms with Crippen LogP contribution in [0.15, 0.2) is 16.7 Å². The van der Waals surface area contributed by atoms with Crippen molar-refractivity contribution in [2.45, 2.75) is 6.92 Å². The smallest absolute Gasteiger partial charge is 0.267 e. The van der Waals surface area contributed by atoms with Gasteiger partial charge in [0.1, 0.15) is 11.5 Å². The van der Waals surface area contributed by atoms with E-state index in [0.717, 1.165) is 27.7 Å². The Morgan fingerprint density at radius 3 is 2.95 bits per heavy atom. The van der Waals surface area contributed by atoms with Crippen molar-refractivity contribution in [3.05, 3.63) is 28.3 Å². The predicted molar refractivity (Wildman–Crippen MR) is 88.2 cm³/mol. The molecule has 0 fully saturated rings. The molecule has 0 aliphatic carbocycles. The normalized spacial score (nSPS) is 11.7. The summed E-state index contributed by atoms with van der Waals surface area (Å²) in [5, 5.41) is 12.1. The molecule has 0 atom stereocenters. The van der Waals surface area contributed by atoms with Crippen molar-refractivity contribution in [2.75, 3.05) is 27.2 Å². The minimum absolute atomic E-state index is 0.126. The average molecular weight is 365 g/mol. The number of carbonyl (C=O) groups excluding carboxylic acids is 1. The number of nitrogens with zero attached hydrogens (tertiary/aromatic N) is 4. The van der Waals surface area contributed by atoms with Gasteiger partial charge in [0, 0.05) is 29.1 Å². The maximum absolute atomic E-state index is 12.2. The number of likely N-dealkylation sites (N-methyl/N-ethyl adjacent to an activating group) is 1. The van der Waals surface area contributed by atoms with Crippen molar-refractivity contribution >= 4 is 38.4 Å². The first-order chi connectivity index (χ1) is 10.5. The Balaban J connectivity index is 1.97. The molecular weight excluding hydrogens is 348 g/mol. The van der Waals surface area contributed by atoms with Crippen molar-refractivity contribution in [2.24, 2.45) is 0 Å². The molecule has 22 heavy (non-hydrogen) atoms. The SMILES string of the molecule is Cc1nnc2c3[nH]c(C(=O)NCCN(C)C)cc3c(Br)cn12. The van der Waals surface area contributed by atoms with Crippen molar-refractivity contribution in [1.82, 2.24) is 29.8 Å². The number of carbonyl (C=O) groups is 1. The van der Waals surface area contributed by atoms with Crippen LogP contribution in [0.5, 0.6) is 0 Å². The third kappa shape index (κ3) is 2.59. The topological polar surface area (TPSA) is 78.3 Å². The number of hydrogen-bond donors (Lipinski definition) is 2. The van der Waals surface area contributed by atoms with E-state index in [9.17, 15) is 4.79 Å². The molecule has 0 bridgehead atoms. The minimum Gasteiger partial charge on any atom is -0.349 e. The molecule has 1 amide bonds. The van der Waals surface area contributed by atoms with E-state index in [4.69, 9.17) is 0 Å².